The fraction of sp³-hybridized carbons (Fsp3) is 0.733. The summed E-state index contributed by atoms with van der Waals surface area (Å²) in [6, 6.07) is 0. The van der Waals surface area contributed by atoms with Crippen molar-refractivity contribution in [2.24, 2.45) is 5.92 Å². The average molecular weight is 295 g/mol. The van der Waals surface area contributed by atoms with Gasteiger partial charge >= 0.3 is 5.97 Å². The SMILES string of the molecule is COC1(c2nc3c(s2)CCC3C(=O)O)CCC(C)CC1. The lowest BCUT2D eigenvalue weighted by Crippen LogP contribution is -2.33. The van der Waals surface area contributed by atoms with Crippen molar-refractivity contribution in [3.05, 3.63) is 15.6 Å². The number of nitrogens with zero attached hydrogens (tertiary/aromatic N) is 1. The molecule has 20 heavy (non-hydrogen) atoms. The highest BCUT2D eigenvalue weighted by molar-refractivity contribution is 7.12. The van der Waals surface area contributed by atoms with Crippen molar-refractivity contribution >= 4 is 17.3 Å². The van der Waals surface area contributed by atoms with Crippen molar-refractivity contribution in [2.75, 3.05) is 7.11 Å². The van der Waals surface area contributed by atoms with Crippen molar-refractivity contribution in [1.29, 1.82) is 0 Å². The van der Waals surface area contributed by atoms with Gasteiger partial charge in [-0.25, -0.2) is 4.98 Å². The number of aliphatic carboxylic acids is 1. The number of hydrogen-bond acceptors (Lipinski definition) is 4. The van der Waals surface area contributed by atoms with Crippen LogP contribution in [-0.4, -0.2) is 23.2 Å². The van der Waals surface area contributed by atoms with Crippen LogP contribution in [0.3, 0.4) is 0 Å². The van der Waals surface area contributed by atoms with Crippen molar-refractivity contribution in [3.63, 3.8) is 0 Å². The normalized spacial score (nSPS) is 33.1. The van der Waals surface area contributed by atoms with Gasteiger partial charge in [-0.2, -0.15) is 0 Å². The molecule has 0 radical (unpaired) electrons. The van der Waals surface area contributed by atoms with Gasteiger partial charge in [0.1, 0.15) is 16.5 Å². The minimum Gasteiger partial charge on any atom is -0.481 e. The summed E-state index contributed by atoms with van der Waals surface area (Å²) in [6.45, 7) is 2.28. The van der Waals surface area contributed by atoms with Crippen LogP contribution in [0.25, 0.3) is 0 Å². The molecule has 3 rings (SSSR count). The Morgan fingerprint density at radius 2 is 2.10 bits per heavy atom. The van der Waals surface area contributed by atoms with Crippen LogP contribution < -0.4 is 0 Å². The molecule has 1 N–H and O–H groups in total. The molecule has 2 aliphatic rings. The number of thiazole rings is 1. The molecular weight excluding hydrogens is 274 g/mol. The highest BCUT2D eigenvalue weighted by Crippen LogP contribution is 2.46. The predicted octanol–water partition coefficient (Wildman–Crippen LogP) is 3.31. The molecule has 0 spiro atoms. The maximum Gasteiger partial charge on any atom is 0.312 e. The van der Waals surface area contributed by atoms with E-state index in [-0.39, 0.29) is 5.60 Å². The second-order valence-electron chi connectivity index (χ2n) is 6.14. The number of carboxylic acid groups (broad SMARTS) is 1. The lowest BCUT2D eigenvalue weighted by molar-refractivity contribution is -0.138. The highest BCUT2D eigenvalue weighted by atomic mass is 32.1. The quantitative estimate of drug-likeness (QED) is 0.929. The molecular formula is C15H21NO3S. The average Bonchev–Trinajstić information content (AvgIpc) is 2.99. The molecule has 1 fully saturated rings. The minimum atomic E-state index is -0.746. The first-order valence-electron chi connectivity index (χ1n) is 7.34. The smallest absolute Gasteiger partial charge is 0.312 e. The first-order valence-corrected chi connectivity index (χ1v) is 8.15. The molecule has 5 heteroatoms. The second-order valence-corrected chi connectivity index (χ2v) is 7.22. The Labute approximate surface area is 123 Å². The number of carboxylic acids is 1. The molecule has 0 amide bonds. The predicted molar refractivity (Wildman–Crippen MR) is 77.1 cm³/mol. The van der Waals surface area contributed by atoms with Gasteiger partial charge in [-0.1, -0.05) is 6.92 Å². The largest absolute Gasteiger partial charge is 0.481 e. The van der Waals surface area contributed by atoms with Gasteiger partial charge in [0.25, 0.3) is 0 Å². The van der Waals surface area contributed by atoms with Gasteiger partial charge in [0.15, 0.2) is 0 Å². The summed E-state index contributed by atoms with van der Waals surface area (Å²) in [7, 11) is 1.76. The van der Waals surface area contributed by atoms with E-state index in [1.54, 1.807) is 18.4 Å². The van der Waals surface area contributed by atoms with E-state index >= 15 is 0 Å². The Balaban J connectivity index is 1.91. The molecule has 0 aliphatic heterocycles. The molecule has 110 valence electrons. The highest BCUT2D eigenvalue weighted by Gasteiger charge is 2.41. The van der Waals surface area contributed by atoms with Crippen LogP contribution >= 0.6 is 11.3 Å². The van der Waals surface area contributed by atoms with Crippen LogP contribution in [0.5, 0.6) is 0 Å². The zero-order chi connectivity index (χ0) is 14.3. The Morgan fingerprint density at radius 3 is 2.70 bits per heavy atom. The lowest BCUT2D eigenvalue weighted by atomic mass is 9.80. The number of aromatic nitrogens is 1. The fourth-order valence-corrected chi connectivity index (χ4v) is 4.76. The summed E-state index contributed by atoms with van der Waals surface area (Å²) in [5.74, 6) is -0.410. The number of ether oxygens (including phenoxy) is 1. The maximum absolute atomic E-state index is 11.3. The lowest BCUT2D eigenvalue weighted by Gasteiger charge is -2.36. The van der Waals surface area contributed by atoms with Gasteiger partial charge in [0.05, 0.1) is 5.69 Å². The maximum atomic E-state index is 11.3. The summed E-state index contributed by atoms with van der Waals surface area (Å²) >= 11 is 1.67. The van der Waals surface area contributed by atoms with Gasteiger partial charge in [0.2, 0.25) is 0 Å². The summed E-state index contributed by atoms with van der Waals surface area (Å²) in [4.78, 5) is 17.1. The Kier molecular flexibility index (Phi) is 3.58. The molecule has 2 aliphatic carbocycles. The van der Waals surface area contributed by atoms with E-state index in [1.165, 1.54) is 0 Å². The van der Waals surface area contributed by atoms with Gasteiger partial charge in [-0.15, -0.1) is 11.3 Å². The van der Waals surface area contributed by atoms with E-state index in [9.17, 15) is 9.90 Å². The molecule has 4 nitrogen and oxygen atoms in total. The third-order valence-corrected chi connectivity index (χ3v) is 6.19. The Hall–Kier alpha value is -0.940. The van der Waals surface area contributed by atoms with Crippen molar-refractivity contribution in [2.45, 2.75) is 57.0 Å². The van der Waals surface area contributed by atoms with E-state index in [0.29, 0.717) is 6.42 Å². The number of fused-ring (bicyclic) bond motifs is 1. The van der Waals surface area contributed by atoms with Crippen LogP contribution in [0.1, 0.15) is 60.5 Å². The van der Waals surface area contributed by atoms with Crippen molar-refractivity contribution < 1.29 is 14.6 Å². The van der Waals surface area contributed by atoms with Gasteiger partial charge < -0.3 is 9.84 Å². The molecule has 1 heterocycles. The second kappa shape index (κ2) is 5.11. The molecule has 1 saturated carbocycles. The van der Waals surface area contributed by atoms with Crippen LogP contribution in [0.15, 0.2) is 0 Å². The summed E-state index contributed by atoms with van der Waals surface area (Å²) < 4.78 is 5.85. The van der Waals surface area contributed by atoms with Crippen LogP contribution in [0.4, 0.5) is 0 Å². The molecule has 1 atom stereocenters. The Morgan fingerprint density at radius 1 is 1.40 bits per heavy atom. The third-order valence-electron chi connectivity index (χ3n) is 4.88. The molecule has 1 aromatic rings. The zero-order valence-corrected chi connectivity index (χ0v) is 12.8. The molecule has 0 bridgehead atoms. The number of methoxy groups -OCH3 is 1. The number of rotatable bonds is 3. The third kappa shape index (κ3) is 2.17. The van der Waals surface area contributed by atoms with Gasteiger partial charge in [-0.3, -0.25) is 4.79 Å². The summed E-state index contributed by atoms with van der Waals surface area (Å²) in [5, 5.41) is 10.3. The summed E-state index contributed by atoms with van der Waals surface area (Å²) in [5.41, 5.74) is 0.525. The van der Waals surface area contributed by atoms with Crippen molar-refractivity contribution in [3.8, 4) is 0 Å². The van der Waals surface area contributed by atoms with E-state index in [2.05, 4.69) is 6.92 Å². The monoisotopic (exact) mass is 295 g/mol. The first-order chi connectivity index (χ1) is 9.55. The standard InChI is InChI=1S/C15H21NO3S/c1-9-5-7-15(19-2,8-6-9)14-16-12-10(13(17)18)3-4-11(12)20-14/h9-10H,3-8H2,1-2H3,(H,17,18). The van der Waals surface area contributed by atoms with E-state index in [4.69, 9.17) is 9.72 Å². The molecule has 1 unspecified atom stereocenters. The minimum absolute atomic E-state index is 0.273. The Bertz CT molecular complexity index is 517. The van der Waals surface area contributed by atoms with Gasteiger partial charge in [0, 0.05) is 12.0 Å². The summed E-state index contributed by atoms with van der Waals surface area (Å²) in [6.07, 6.45) is 5.84. The molecule has 1 aromatic heterocycles. The van der Waals surface area contributed by atoms with Gasteiger partial charge in [-0.05, 0) is 44.4 Å². The van der Waals surface area contributed by atoms with Crippen LogP contribution in [0, 0.1) is 5.92 Å². The van der Waals surface area contributed by atoms with Crippen molar-refractivity contribution in [1.82, 2.24) is 4.98 Å². The van der Waals surface area contributed by atoms with E-state index < -0.39 is 11.9 Å². The molecule has 0 aromatic carbocycles. The topological polar surface area (TPSA) is 59.4 Å². The molecule has 0 saturated heterocycles. The van der Waals surface area contributed by atoms with Crippen LogP contribution in [-0.2, 0) is 21.6 Å². The van der Waals surface area contributed by atoms with E-state index in [0.717, 1.165) is 53.6 Å². The first kappa shape index (κ1) is 14.0. The fourth-order valence-electron chi connectivity index (χ4n) is 3.40. The number of hydrogen-bond donors (Lipinski definition) is 1. The zero-order valence-electron chi connectivity index (χ0n) is 12.0. The van der Waals surface area contributed by atoms with E-state index in [1.807, 2.05) is 0 Å². The number of aryl methyl sites for hydroxylation is 1. The van der Waals surface area contributed by atoms with Crippen LogP contribution in [0.2, 0.25) is 0 Å². The number of carbonyl (C=O) groups is 1.